The molecule has 0 atom stereocenters. The highest BCUT2D eigenvalue weighted by Crippen LogP contribution is 2.33. The van der Waals surface area contributed by atoms with Gasteiger partial charge in [0.1, 0.15) is 4.92 Å². The molecule has 10 heteroatoms. The first-order valence-corrected chi connectivity index (χ1v) is 11.0. The lowest BCUT2D eigenvalue weighted by Gasteiger charge is -2.27. The van der Waals surface area contributed by atoms with Gasteiger partial charge in [0.25, 0.3) is 5.91 Å². The van der Waals surface area contributed by atoms with Crippen LogP contribution in [0.4, 0.5) is 11.0 Å². The minimum atomic E-state index is -0.649. The molecule has 3 heterocycles. The molecule has 2 aromatic heterocycles. The molecule has 0 saturated carbocycles. The van der Waals surface area contributed by atoms with Crippen molar-refractivity contribution < 1.29 is 18.9 Å². The molecular weight excluding hydrogens is 420 g/mol. The number of anilines is 1. The lowest BCUT2D eigenvalue weighted by molar-refractivity contribution is -0.402. The number of nitro groups is 1. The maximum atomic E-state index is 13.2. The quantitative estimate of drug-likeness (QED) is 0.404. The number of benzene rings is 1. The van der Waals surface area contributed by atoms with Gasteiger partial charge >= 0.3 is 5.88 Å². The van der Waals surface area contributed by atoms with E-state index >= 15 is 0 Å². The fourth-order valence-corrected chi connectivity index (χ4v) is 4.61. The second-order valence-corrected chi connectivity index (χ2v) is 8.52. The maximum absolute atomic E-state index is 13.2. The van der Waals surface area contributed by atoms with Crippen LogP contribution in [0.2, 0.25) is 0 Å². The summed E-state index contributed by atoms with van der Waals surface area (Å²) in [4.78, 5) is 32.2. The normalized spacial score (nSPS) is 14.8. The summed E-state index contributed by atoms with van der Waals surface area (Å²) in [6.07, 6.45) is 0.739. The van der Waals surface area contributed by atoms with Gasteiger partial charge in [-0.15, -0.1) is 0 Å². The summed E-state index contributed by atoms with van der Waals surface area (Å²) < 4.78 is 11.6. The van der Waals surface area contributed by atoms with Crippen molar-refractivity contribution in [2.75, 3.05) is 44.3 Å². The summed E-state index contributed by atoms with van der Waals surface area (Å²) in [6, 6.07) is 6.59. The maximum Gasteiger partial charge on any atom is 0.433 e. The fourth-order valence-electron chi connectivity index (χ4n) is 3.56. The number of hydrogen-bond acceptors (Lipinski definition) is 8. The third-order valence-electron chi connectivity index (χ3n) is 5.49. The van der Waals surface area contributed by atoms with E-state index in [0.29, 0.717) is 11.7 Å². The second kappa shape index (κ2) is 9.13. The molecule has 9 nitrogen and oxygen atoms in total. The molecular formula is C21H24N4O5S. The molecule has 1 saturated heterocycles. The Hall–Kier alpha value is -2.82. The first-order valence-electron chi connectivity index (χ1n) is 10.2. The van der Waals surface area contributed by atoms with Crippen molar-refractivity contribution in [3.63, 3.8) is 0 Å². The number of nitrogens with zero attached hydrogens (tertiary/aromatic N) is 4. The Bertz CT molecular complexity index is 1100. The van der Waals surface area contributed by atoms with Crippen LogP contribution >= 0.6 is 11.3 Å². The van der Waals surface area contributed by atoms with Crippen LogP contribution in [-0.2, 0) is 4.74 Å². The SMILES string of the molecule is Cc1ccc2sc(N(CCCN3CCOCC3)C(=O)c3ccc([N+](=O)[O-])o3)nc2c1C. The number of morpholine rings is 1. The van der Waals surface area contributed by atoms with Crippen LogP contribution in [0.3, 0.4) is 0 Å². The lowest BCUT2D eigenvalue weighted by Crippen LogP contribution is -2.39. The number of thiazole rings is 1. The van der Waals surface area contributed by atoms with E-state index in [9.17, 15) is 14.9 Å². The Balaban J connectivity index is 1.60. The number of ether oxygens (including phenoxy) is 1. The summed E-state index contributed by atoms with van der Waals surface area (Å²) in [6.45, 7) is 8.49. The highest BCUT2D eigenvalue weighted by molar-refractivity contribution is 7.22. The number of hydrogen-bond donors (Lipinski definition) is 0. The van der Waals surface area contributed by atoms with Crippen LogP contribution in [0, 0.1) is 24.0 Å². The Labute approximate surface area is 183 Å². The van der Waals surface area contributed by atoms with E-state index in [-0.39, 0.29) is 5.76 Å². The van der Waals surface area contributed by atoms with Crippen molar-refractivity contribution in [1.82, 2.24) is 9.88 Å². The van der Waals surface area contributed by atoms with Gasteiger partial charge in [-0.25, -0.2) is 4.98 Å². The summed E-state index contributed by atoms with van der Waals surface area (Å²) in [5.74, 6) is -0.943. The van der Waals surface area contributed by atoms with E-state index in [1.54, 1.807) is 4.90 Å². The number of furan rings is 1. The molecule has 1 amide bonds. The van der Waals surface area contributed by atoms with Crippen LogP contribution in [0.5, 0.6) is 0 Å². The van der Waals surface area contributed by atoms with Crippen molar-refractivity contribution in [3.05, 3.63) is 51.3 Å². The average molecular weight is 445 g/mol. The number of aryl methyl sites for hydroxylation is 2. The van der Waals surface area contributed by atoms with E-state index < -0.39 is 16.7 Å². The molecule has 0 spiro atoms. The molecule has 1 aliphatic heterocycles. The summed E-state index contributed by atoms with van der Waals surface area (Å²) >= 11 is 1.44. The second-order valence-electron chi connectivity index (χ2n) is 7.51. The third kappa shape index (κ3) is 4.60. The van der Waals surface area contributed by atoms with Gasteiger partial charge in [-0.05, 0) is 43.5 Å². The van der Waals surface area contributed by atoms with Crippen molar-refractivity contribution in [3.8, 4) is 0 Å². The van der Waals surface area contributed by atoms with Crippen molar-refractivity contribution in [2.45, 2.75) is 20.3 Å². The van der Waals surface area contributed by atoms with E-state index in [0.717, 1.165) is 60.6 Å². The minimum absolute atomic E-state index is 0.0646. The predicted molar refractivity (Wildman–Crippen MR) is 118 cm³/mol. The van der Waals surface area contributed by atoms with Gasteiger partial charge in [0.05, 0.1) is 29.5 Å². The molecule has 0 radical (unpaired) electrons. The molecule has 3 aromatic rings. The molecule has 0 bridgehead atoms. The Morgan fingerprint density at radius 1 is 1.26 bits per heavy atom. The zero-order valence-electron chi connectivity index (χ0n) is 17.5. The number of carbonyl (C=O) groups excluding carboxylic acids is 1. The highest BCUT2D eigenvalue weighted by atomic mass is 32.1. The van der Waals surface area contributed by atoms with Gasteiger partial charge < -0.3 is 9.15 Å². The van der Waals surface area contributed by atoms with Gasteiger partial charge in [0.15, 0.2) is 10.9 Å². The van der Waals surface area contributed by atoms with Crippen LogP contribution in [0.1, 0.15) is 28.1 Å². The largest absolute Gasteiger partial charge is 0.433 e. The average Bonchev–Trinajstić information content (AvgIpc) is 3.42. The first-order chi connectivity index (χ1) is 14.9. The van der Waals surface area contributed by atoms with Gasteiger partial charge in [-0.1, -0.05) is 17.4 Å². The molecule has 1 fully saturated rings. The van der Waals surface area contributed by atoms with Crippen LogP contribution < -0.4 is 4.90 Å². The zero-order chi connectivity index (χ0) is 22.0. The van der Waals surface area contributed by atoms with E-state index in [2.05, 4.69) is 4.90 Å². The summed E-state index contributed by atoms with van der Waals surface area (Å²) in [5, 5.41) is 11.5. The van der Waals surface area contributed by atoms with Gasteiger partial charge in [-0.3, -0.25) is 24.7 Å². The van der Waals surface area contributed by atoms with Crippen LogP contribution in [-0.4, -0.2) is 60.1 Å². The fraction of sp³-hybridized carbons (Fsp3) is 0.429. The van der Waals surface area contributed by atoms with Gasteiger partial charge in [0, 0.05) is 26.2 Å². The number of amides is 1. The lowest BCUT2D eigenvalue weighted by atomic mass is 10.1. The van der Waals surface area contributed by atoms with E-state index in [1.165, 1.54) is 23.5 Å². The van der Waals surface area contributed by atoms with Crippen LogP contribution in [0.25, 0.3) is 10.2 Å². The molecule has 1 aromatic carbocycles. The molecule has 31 heavy (non-hydrogen) atoms. The Morgan fingerprint density at radius 2 is 2.03 bits per heavy atom. The summed E-state index contributed by atoms with van der Waals surface area (Å²) in [7, 11) is 0. The first kappa shape index (κ1) is 21.4. The Morgan fingerprint density at radius 3 is 2.74 bits per heavy atom. The molecule has 164 valence electrons. The third-order valence-corrected chi connectivity index (χ3v) is 6.54. The number of rotatable bonds is 7. The predicted octanol–water partition coefficient (Wildman–Crippen LogP) is 3.78. The van der Waals surface area contributed by atoms with Crippen molar-refractivity contribution in [2.24, 2.45) is 0 Å². The Kier molecular flexibility index (Phi) is 6.30. The van der Waals surface area contributed by atoms with Gasteiger partial charge in [0.2, 0.25) is 0 Å². The van der Waals surface area contributed by atoms with Gasteiger partial charge in [-0.2, -0.15) is 0 Å². The topological polar surface area (TPSA) is 102 Å². The minimum Gasteiger partial charge on any atom is -0.395 e. The monoisotopic (exact) mass is 444 g/mol. The van der Waals surface area contributed by atoms with Crippen molar-refractivity contribution >= 4 is 38.5 Å². The molecule has 0 N–H and O–H groups in total. The molecule has 4 rings (SSSR count). The zero-order valence-corrected chi connectivity index (χ0v) is 18.3. The van der Waals surface area contributed by atoms with E-state index in [1.807, 2.05) is 26.0 Å². The standard InChI is InChI=1S/C21H24N4O5S/c1-14-4-6-17-19(15(14)2)22-21(31-17)24(9-3-8-23-10-12-29-13-11-23)20(26)16-5-7-18(30-16)25(27)28/h4-7H,3,8-13H2,1-2H3. The van der Waals surface area contributed by atoms with E-state index in [4.69, 9.17) is 14.1 Å². The smallest absolute Gasteiger partial charge is 0.395 e. The molecule has 0 unspecified atom stereocenters. The molecule has 0 aliphatic carbocycles. The highest BCUT2D eigenvalue weighted by Gasteiger charge is 2.26. The number of aromatic nitrogens is 1. The number of fused-ring (bicyclic) bond motifs is 1. The summed E-state index contributed by atoms with van der Waals surface area (Å²) in [5.41, 5.74) is 3.09. The molecule has 1 aliphatic rings. The van der Waals surface area contributed by atoms with Crippen LogP contribution in [0.15, 0.2) is 28.7 Å². The number of carbonyl (C=O) groups is 1. The van der Waals surface area contributed by atoms with Crippen molar-refractivity contribution in [1.29, 1.82) is 0 Å².